The summed E-state index contributed by atoms with van der Waals surface area (Å²) in [6.45, 7) is 8.22. The number of methoxy groups -OCH3 is 1. The molecule has 0 radical (unpaired) electrons. The summed E-state index contributed by atoms with van der Waals surface area (Å²) in [5.74, 6) is 0.330. The number of ether oxygens (including phenoxy) is 1. The van der Waals surface area contributed by atoms with Gasteiger partial charge in [-0.15, -0.1) is 0 Å². The Morgan fingerprint density at radius 2 is 2.23 bits per heavy atom. The van der Waals surface area contributed by atoms with Crippen molar-refractivity contribution in [1.29, 1.82) is 0 Å². The van der Waals surface area contributed by atoms with E-state index in [9.17, 15) is 9.90 Å². The van der Waals surface area contributed by atoms with E-state index in [2.05, 4.69) is 9.88 Å². The van der Waals surface area contributed by atoms with Gasteiger partial charge in [0, 0.05) is 18.8 Å². The number of aromatic hydroxyl groups is 1. The zero-order valence-electron chi connectivity index (χ0n) is 13.9. The molecule has 1 aromatic heterocycles. The molecule has 5 heteroatoms. The molecule has 1 saturated heterocycles. The summed E-state index contributed by atoms with van der Waals surface area (Å²) in [4.78, 5) is 18.7. The van der Waals surface area contributed by atoms with Crippen LogP contribution >= 0.6 is 0 Å². The van der Waals surface area contributed by atoms with Crippen LogP contribution in [0.5, 0.6) is 5.75 Å². The van der Waals surface area contributed by atoms with E-state index in [0.717, 1.165) is 31.6 Å². The number of aryl methyl sites for hydroxylation is 1. The largest absolute Gasteiger partial charge is 0.506 e. The monoisotopic (exact) mass is 306 g/mol. The molecule has 0 spiro atoms. The molecule has 0 bridgehead atoms. The van der Waals surface area contributed by atoms with Gasteiger partial charge in [-0.1, -0.05) is 0 Å². The minimum absolute atomic E-state index is 0.157. The second-order valence-corrected chi connectivity index (χ2v) is 6.71. The number of hydrogen-bond acceptors (Lipinski definition) is 5. The van der Waals surface area contributed by atoms with Crippen LogP contribution in [0.25, 0.3) is 0 Å². The molecule has 1 fully saturated rings. The highest BCUT2D eigenvalue weighted by molar-refractivity contribution is 5.76. The summed E-state index contributed by atoms with van der Waals surface area (Å²) in [6.07, 6.45) is 2.06. The summed E-state index contributed by atoms with van der Waals surface area (Å²) in [5.41, 5.74) is 1.11. The van der Waals surface area contributed by atoms with Crippen LogP contribution in [0.2, 0.25) is 0 Å². The van der Waals surface area contributed by atoms with Crippen LogP contribution in [0, 0.1) is 18.3 Å². The molecule has 1 unspecified atom stereocenters. The Hall–Kier alpha value is -1.62. The van der Waals surface area contributed by atoms with Crippen molar-refractivity contribution in [3.8, 4) is 5.75 Å². The molecule has 0 amide bonds. The zero-order chi connectivity index (χ0) is 16.3. The highest BCUT2D eigenvalue weighted by atomic mass is 16.5. The van der Waals surface area contributed by atoms with Gasteiger partial charge in [0.25, 0.3) is 0 Å². The molecule has 2 rings (SSSR count). The molecule has 1 aliphatic heterocycles. The predicted molar refractivity (Wildman–Crippen MR) is 84.4 cm³/mol. The van der Waals surface area contributed by atoms with E-state index in [1.807, 2.05) is 20.8 Å². The van der Waals surface area contributed by atoms with Crippen molar-refractivity contribution in [2.75, 3.05) is 20.2 Å². The highest BCUT2D eigenvalue weighted by Gasteiger charge is 2.40. The zero-order valence-corrected chi connectivity index (χ0v) is 13.9. The second-order valence-electron chi connectivity index (χ2n) is 6.71. The van der Waals surface area contributed by atoms with Crippen molar-refractivity contribution >= 4 is 5.97 Å². The summed E-state index contributed by atoms with van der Waals surface area (Å²) < 4.78 is 4.95. The van der Waals surface area contributed by atoms with Crippen LogP contribution < -0.4 is 0 Å². The summed E-state index contributed by atoms with van der Waals surface area (Å²) >= 11 is 0. The lowest BCUT2D eigenvalue weighted by Gasteiger charge is -2.39. The number of nitrogens with zero attached hydrogens (tertiary/aromatic N) is 2. The van der Waals surface area contributed by atoms with Crippen molar-refractivity contribution in [3.05, 3.63) is 23.5 Å². The number of pyridine rings is 1. The number of aromatic nitrogens is 1. The number of esters is 1. The van der Waals surface area contributed by atoms with E-state index < -0.39 is 5.41 Å². The van der Waals surface area contributed by atoms with E-state index in [1.165, 1.54) is 7.11 Å². The Kier molecular flexibility index (Phi) is 5.06. The third-order valence-corrected chi connectivity index (χ3v) is 4.70. The highest BCUT2D eigenvalue weighted by Crippen LogP contribution is 2.35. The fourth-order valence-corrected chi connectivity index (χ4v) is 3.15. The maximum absolute atomic E-state index is 12.0. The summed E-state index contributed by atoms with van der Waals surface area (Å²) in [6, 6.07) is 3.50. The van der Waals surface area contributed by atoms with Crippen molar-refractivity contribution in [2.24, 2.45) is 11.3 Å². The lowest BCUT2D eigenvalue weighted by molar-refractivity contribution is -0.155. The predicted octanol–water partition coefficient (Wildman–Crippen LogP) is 2.51. The first-order valence-electron chi connectivity index (χ1n) is 7.81. The van der Waals surface area contributed by atoms with Gasteiger partial charge < -0.3 is 9.84 Å². The van der Waals surface area contributed by atoms with Gasteiger partial charge in [0.1, 0.15) is 5.75 Å². The molecule has 1 aromatic rings. The van der Waals surface area contributed by atoms with Gasteiger partial charge in [-0.05, 0) is 58.2 Å². The number of piperidine rings is 1. The van der Waals surface area contributed by atoms with Crippen LogP contribution in [0.1, 0.15) is 38.1 Å². The standard InChI is InChI=1S/C17H26N2O3/c1-12-7-8-15(20)14(18-12)11-19-9-5-6-13(10-19)17(2,3)16(21)22-4/h7-8,13,20H,5-6,9-11H2,1-4H3. The molecule has 0 aliphatic carbocycles. The number of likely N-dealkylation sites (tertiary alicyclic amines) is 1. The summed E-state index contributed by atoms with van der Waals surface area (Å²) in [5, 5.41) is 9.95. The smallest absolute Gasteiger partial charge is 0.311 e. The van der Waals surface area contributed by atoms with Crippen molar-refractivity contribution in [2.45, 2.75) is 40.2 Å². The van der Waals surface area contributed by atoms with Crippen molar-refractivity contribution in [1.82, 2.24) is 9.88 Å². The van der Waals surface area contributed by atoms with Gasteiger partial charge >= 0.3 is 5.97 Å². The molecule has 2 heterocycles. The molecule has 0 saturated carbocycles. The molecule has 1 atom stereocenters. The Morgan fingerprint density at radius 1 is 1.50 bits per heavy atom. The second kappa shape index (κ2) is 6.65. The molecule has 1 aliphatic rings. The maximum atomic E-state index is 12.0. The number of carbonyl (C=O) groups is 1. The molecule has 22 heavy (non-hydrogen) atoms. The Morgan fingerprint density at radius 3 is 2.91 bits per heavy atom. The first kappa shape index (κ1) is 16.7. The number of hydrogen-bond donors (Lipinski definition) is 1. The lowest BCUT2D eigenvalue weighted by atomic mass is 9.74. The average Bonchev–Trinajstić information content (AvgIpc) is 2.50. The normalized spacial score (nSPS) is 19.9. The van der Waals surface area contributed by atoms with Crippen LogP contribution in [0.15, 0.2) is 12.1 Å². The van der Waals surface area contributed by atoms with Crippen molar-refractivity contribution in [3.63, 3.8) is 0 Å². The minimum atomic E-state index is -0.491. The lowest BCUT2D eigenvalue weighted by Crippen LogP contribution is -2.44. The van der Waals surface area contributed by atoms with Crippen LogP contribution in [-0.4, -0.2) is 41.2 Å². The van der Waals surface area contributed by atoms with Gasteiger partial charge in [-0.3, -0.25) is 14.7 Å². The van der Waals surface area contributed by atoms with E-state index in [1.54, 1.807) is 12.1 Å². The molecule has 0 aromatic carbocycles. The van der Waals surface area contributed by atoms with Gasteiger partial charge in [0.15, 0.2) is 0 Å². The first-order valence-corrected chi connectivity index (χ1v) is 7.81. The van der Waals surface area contributed by atoms with Crippen LogP contribution in [-0.2, 0) is 16.1 Å². The van der Waals surface area contributed by atoms with E-state index in [-0.39, 0.29) is 17.6 Å². The molecular formula is C17H26N2O3. The summed E-state index contributed by atoms with van der Waals surface area (Å²) in [7, 11) is 1.44. The minimum Gasteiger partial charge on any atom is -0.506 e. The van der Waals surface area contributed by atoms with Crippen molar-refractivity contribution < 1.29 is 14.6 Å². The Balaban J connectivity index is 2.08. The van der Waals surface area contributed by atoms with E-state index in [4.69, 9.17) is 4.74 Å². The fourth-order valence-electron chi connectivity index (χ4n) is 3.15. The Labute approximate surface area is 132 Å². The van der Waals surface area contributed by atoms with Gasteiger partial charge in [0.05, 0.1) is 18.2 Å². The van der Waals surface area contributed by atoms with Gasteiger partial charge in [-0.25, -0.2) is 0 Å². The molecule has 1 N–H and O–H groups in total. The number of rotatable bonds is 4. The first-order chi connectivity index (χ1) is 10.3. The SMILES string of the molecule is COC(=O)C(C)(C)C1CCCN(Cc2nc(C)ccc2O)C1. The molecule has 5 nitrogen and oxygen atoms in total. The third-order valence-electron chi connectivity index (χ3n) is 4.70. The maximum Gasteiger partial charge on any atom is 0.311 e. The Bertz CT molecular complexity index is 543. The quantitative estimate of drug-likeness (QED) is 0.866. The van der Waals surface area contributed by atoms with Gasteiger partial charge in [-0.2, -0.15) is 0 Å². The van der Waals surface area contributed by atoms with E-state index in [0.29, 0.717) is 12.2 Å². The molecular weight excluding hydrogens is 280 g/mol. The van der Waals surface area contributed by atoms with E-state index >= 15 is 0 Å². The van der Waals surface area contributed by atoms with Crippen LogP contribution in [0.4, 0.5) is 0 Å². The number of carbonyl (C=O) groups excluding carboxylic acids is 1. The average molecular weight is 306 g/mol. The molecule has 122 valence electrons. The fraction of sp³-hybridized carbons (Fsp3) is 0.647. The van der Waals surface area contributed by atoms with Crippen LogP contribution in [0.3, 0.4) is 0 Å². The van der Waals surface area contributed by atoms with Gasteiger partial charge in [0.2, 0.25) is 0 Å². The third kappa shape index (κ3) is 3.58. The topological polar surface area (TPSA) is 62.7 Å².